The van der Waals surface area contributed by atoms with E-state index in [0.29, 0.717) is 30.9 Å². The summed E-state index contributed by atoms with van der Waals surface area (Å²) in [5.74, 6) is -0.0730. The van der Waals surface area contributed by atoms with Crippen molar-refractivity contribution in [1.29, 1.82) is 0 Å². The molecule has 27 heavy (non-hydrogen) atoms. The molecule has 0 aromatic heterocycles. The minimum Gasteiger partial charge on any atom is -0.339 e. The molecule has 1 fully saturated rings. The fourth-order valence-corrected chi connectivity index (χ4v) is 3.40. The first kappa shape index (κ1) is 23.4. The van der Waals surface area contributed by atoms with Gasteiger partial charge in [-0.05, 0) is 63.9 Å². The highest BCUT2D eigenvalue weighted by Gasteiger charge is 2.36. The van der Waals surface area contributed by atoms with Crippen molar-refractivity contribution >= 4 is 29.9 Å². The number of carbonyl (C=O) groups is 2. The van der Waals surface area contributed by atoms with Crippen molar-refractivity contribution in [3.05, 3.63) is 29.8 Å². The van der Waals surface area contributed by atoms with E-state index in [1.807, 2.05) is 26.8 Å². The van der Waals surface area contributed by atoms with Crippen LogP contribution in [0.25, 0.3) is 0 Å². The van der Waals surface area contributed by atoms with Gasteiger partial charge in [-0.2, -0.15) is 0 Å². The number of carbonyl (C=O) groups excluding carboxylic acids is 2. The first-order valence-electron chi connectivity index (χ1n) is 9.48. The standard InChI is InChI=1S/C20H32N4O2.ClH/c1-5-23(6-2)19(26)16-8-7-9-17(12-16)22-18(25)15(3)24-11-10-20(4,13-21)14-24;/h7-9,12,15H,5-6,10-11,13-14,21H2,1-4H3,(H,22,25);1H. The van der Waals surface area contributed by atoms with Crippen LogP contribution in [0.1, 0.15) is 44.5 Å². The predicted molar refractivity (Wildman–Crippen MR) is 112 cm³/mol. The second kappa shape index (κ2) is 10.1. The summed E-state index contributed by atoms with van der Waals surface area (Å²) < 4.78 is 0. The summed E-state index contributed by atoms with van der Waals surface area (Å²) in [6.45, 7) is 11.7. The van der Waals surface area contributed by atoms with Crippen molar-refractivity contribution in [3.8, 4) is 0 Å². The van der Waals surface area contributed by atoms with Crippen LogP contribution in [0.2, 0.25) is 0 Å². The van der Waals surface area contributed by atoms with E-state index in [1.165, 1.54) is 0 Å². The van der Waals surface area contributed by atoms with E-state index >= 15 is 0 Å². The van der Waals surface area contributed by atoms with E-state index in [0.717, 1.165) is 19.5 Å². The lowest BCUT2D eigenvalue weighted by molar-refractivity contribution is -0.120. The molecule has 0 saturated carbocycles. The van der Waals surface area contributed by atoms with Crippen LogP contribution in [0.3, 0.4) is 0 Å². The number of anilines is 1. The Morgan fingerprint density at radius 3 is 2.56 bits per heavy atom. The zero-order chi connectivity index (χ0) is 19.3. The number of nitrogens with one attached hydrogen (secondary N) is 1. The van der Waals surface area contributed by atoms with Gasteiger partial charge in [0, 0.05) is 30.9 Å². The minimum absolute atomic E-state index is 0. The van der Waals surface area contributed by atoms with Gasteiger partial charge in [0.1, 0.15) is 0 Å². The van der Waals surface area contributed by atoms with Crippen molar-refractivity contribution < 1.29 is 9.59 Å². The molecule has 0 spiro atoms. The molecule has 6 nitrogen and oxygen atoms in total. The lowest BCUT2D eigenvalue weighted by atomic mass is 9.90. The van der Waals surface area contributed by atoms with Gasteiger partial charge in [0.15, 0.2) is 0 Å². The fraction of sp³-hybridized carbons (Fsp3) is 0.600. The molecule has 1 aromatic rings. The molecular weight excluding hydrogens is 364 g/mol. The number of nitrogens with two attached hydrogens (primary N) is 1. The third kappa shape index (κ3) is 5.67. The first-order valence-corrected chi connectivity index (χ1v) is 9.48. The number of amides is 2. The smallest absolute Gasteiger partial charge is 0.253 e. The van der Waals surface area contributed by atoms with Gasteiger partial charge < -0.3 is 16.0 Å². The topological polar surface area (TPSA) is 78.7 Å². The molecule has 1 aromatic carbocycles. The third-order valence-electron chi connectivity index (χ3n) is 5.44. The normalized spacial score (nSPS) is 20.6. The Kier molecular flexibility index (Phi) is 8.72. The lowest BCUT2D eigenvalue weighted by Crippen LogP contribution is -2.42. The summed E-state index contributed by atoms with van der Waals surface area (Å²) >= 11 is 0. The maximum Gasteiger partial charge on any atom is 0.253 e. The number of halogens is 1. The van der Waals surface area contributed by atoms with Crippen LogP contribution >= 0.6 is 12.4 Å². The Morgan fingerprint density at radius 1 is 1.33 bits per heavy atom. The molecule has 0 radical (unpaired) electrons. The molecule has 1 aliphatic heterocycles. The second-order valence-electron chi connectivity index (χ2n) is 7.46. The molecule has 2 unspecified atom stereocenters. The number of hydrogen-bond donors (Lipinski definition) is 2. The van der Waals surface area contributed by atoms with E-state index in [-0.39, 0.29) is 35.7 Å². The fourth-order valence-electron chi connectivity index (χ4n) is 3.40. The van der Waals surface area contributed by atoms with Crippen LogP contribution in [-0.4, -0.2) is 60.4 Å². The molecule has 0 bridgehead atoms. The van der Waals surface area contributed by atoms with Gasteiger partial charge >= 0.3 is 0 Å². The van der Waals surface area contributed by atoms with E-state index in [1.54, 1.807) is 23.1 Å². The van der Waals surface area contributed by atoms with Crippen LogP contribution in [0, 0.1) is 5.41 Å². The van der Waals surface area contributed by atoms with Crippen molar-refractivity contribution in [2.24, 2.45) is 11.1 Å². The highest BCUT2D eigenvalue weighted by molar-refractivity contribution is 5.98. The molecular formula is C20H33ClN4O2. The maximum atomic E-state index is 12.6. The zero-order valence-corrected chi connectivity index (χ0v) is 17.6. The van der Waals surface area contributed by atoms with E-state index in [4.69, 9.17) is 5.73 Å². The summed E-state index contributed by atoms with van der Waals surface area (Å²) in [6, 6.07) is 6.92. The molecule has 1 aliphatic rings. The molecule has 7 heteroatoms. The van der Waals surface area contributed by atoms with Gasteiger partial charge in [0.05, 0.1) is 6.04 Å². The highest BCUT2D eigenvalue weighted by atomic mass is 35.5. The summed E-state index contributed by atoms with van der Waals surface area (Å²) in [5.41, 5.74) is 7.19. The second-order valence-corrected chi connectivity index (χ2v) is 7.46. The van der Waals surface area contributed by atoms with E-state index in [2.05, 4.69) is 17.1 Å². The molecule has 1 saturated heterocycles. The minimum atomic E-state index is -0.231. The largest absolute Gasteiger partial charge is 0.339 e. The molecule has 2 rings (SSSR count). The quantitative estimate of drug-likeness (QED) is 0.742. The van der Waals surface area contributed by atoms with Crippen LogP contribution in [0.4, 0.5) is 5.69 Å². The number of likely N-dealkylation sites (tertiary alicyclic amines) is 1. The molecule has 2 amide bonds. The number of nitrogens with zero attached hydrogens (tertiary/aromatic N) is 2. The van der Waals surface area contributed by atoms with Crippen LogP contribution < -0.4 is 11.1 Å². The van der Waals surface area contributed by atoms with Crippen molar-refractivity contribution in [1.82, 2.24) is 9.80 Å². The number of rotatable bonds is 7. The van der Waals surface area contributed by atoms with Gasteiger partial charge in [0.25, 0.3) is 5.91 Å². The Balaban J connectivity index is 0.00000364. The van der Waals surface area contributed by atoms with Gasteiger partial charge in [-0.3, -0.25) is 14.5 Å². The van der Waals surface area contributed by atoms with E-state index in [9.17, 15) is 9.59 Å². The Bertz CT molecular complexity index is 651. The molecule has 3 N–H and O–H groups in total. The van der Waals surface area contributed by atoms with Crippen molar-refractivity contribution in [2.75, 3.05) is 38.0 Å². The summed E-state index contributed by atoms with van der Waals surface area (Å²) in [5, 5.41) is 2.95. The molecule has 0 aliphatic carbocycles. The van der Waals surface area contributed by atoms with Crippen molar-refractivity contribution in [3.63, 3.8) is 0 Å². The Morgan fingerprint density at radius 2 is 2.00 bits per heavy atom. The van der Waals surface area contributed by atoms with Gasteiger partial charge in [0.2, 0.25) is 5.91 Å². The average molecular weight is 397 g/mol. The van der Waals surface area contributed by atoms with Crippen LogP contribution in [-0.2, 0) is 4.79 Å². The van der Waals surface area contributed by atoms with Crippen molar-refractivity contribution in [2.45, 2.75) is 40.2 Å². The summed E-state index contributed by atoms with van der Waals surface area (Å²) in [6.07, 6.45) is 1.01. The monoisotopic (exact) mass is 396 g/mol. The third-order valence-corrected chi connectivity index (χ3v) is 5.44. The first-order chi connectivity index (χ1) is 12.3. The predicted octanol–water partition coefficient (Wildman–Crippen LogP) is 2.59. The Labute approximate surface area is 168 Å². The highest BCUT2D eigenvalue weighted by Crippen LogP contribution is 2.30. The maximum absolute atomic E-state index is 12.6. The Hall–Kier alpha value is -1.63. The number of hydrogen-bond acceptors (Lipinski definition) is 4. The van der Waals surface area contributed by atoms with Gasteiger partial charge in [-0.25, -0.2) is 0 Å². The van der Waals surface area contributed by atoms with Crippen LogP contribution in [0.5, 0.6) is 0 Å². The summed E-state index contributed by atoms with van der Waals surface area (Å²) in [4.78, 5) is 29.1. The molecule has 2 atom stereocenters. The zero-order valence-electron chi connectivity index (χ0n) is 16.8. The average Bonchev–Trinajstić information content (AvgIpc) is 3.05. The van der Waals surface area contributed by atoms with Gasteiger partial charge in [-0.15, -0.1) is 12.4 Å². The van der Waals surface area contributed by atoms with E-state index < -0.39 is 0 Å². The summed E-state index contributed by atoms with van der Waals surface area (Å²) in [7, 11) is 0. The molecule has 152 valence electrons. The SMILES string of the molecule is CCN(CC)C(=O)c1cccc(NC(=O)C(C)N2CCC(C)(CN)C2)c1.Cl. The molecule has 1 heterocycles. The van der Waals surface area contributed by atoms with Gasteiger partial charge in [-0.1, -0.05) is 13.0 Å². The lowest BCUT2D eigenvalue weighted by Gasteiger charge is -2.26. The van der Waals surface area contributed by atoms with Crippen LogP contribution in [0.15, 0.2) is 24.3 Å². The number of benzene rings is 1.